The van der Waals surface area contributed by atoms with E-state index in [4.69, 9.17) is 37.0 Å². The van der Waals surface area contributed by atoms with Gasteiger partial charge >= 0.3 is 51.4 Å². The van der Waals surface area contributed by atoms with E-state index in [1.165, 1.54) is 0 Å². The minimum atomic E-state index is -2.45. The van der Waals surface area contributed by atoms with Gasteiger partial charge < -0.3 is 37.0 Å². The van der Waals surface area contributed by atoms with Gasteiger partial charge in [0.25, 0.3) is 0 Å². The van der Waals surface area contributed by atoms with E-state index < -0.39 is 101 Å². The van der Waals surface area contributed by atoms with E-state index in [1.54, 1.807) is 0 Å². The Morgan fingerprint density at radius 3 is 0.522 bits per heavy atom. The van der Waals surface area contributed by atoms with Crippen LogP contribution in [0.4, 0.5) is 0 Å². The first-order valence-corrected chi connectivity index (χ1v) is 54.7. The fourth-order valence-corrected chi connectivity index (χ4v) is 53.8. The molecule has 0 aromatic heterocycles. The van der Waals surface area contributed by atoms with Gasteiger partial charge in [-0.2, -0.15) is 0 Å². The van der Waals surface area contributed by atoms with E-state index in [-0.39, 0.29) is 89.1 Å². The third-order valence-electron chi connectivity index (χ3n) is 6.99. The molecule has 0 bridgehead atoms. The topological polar surface area (TPSA) is 83.1 Å². The largest absolute Gasteiger partial charge is 0.437 e. The maximum atomic E-state index is 6.34. The molecule has 3 atom stereocenters. The highest BCUT2D eigenvalue weighted by Crippen LogP contribution is 2.27. The van der Waals surface area contributed by atoms with Crippen molar-refractivity contribution in [2.24, 2.45) is 0 Å². The normalized spacial score (nSPS) is 13.9. The molecule has 0 fully saturated rings. The molecule has 0 aromatic rings. The molecular formula is C48H138O9Si12. The van der Waals surface area contributed by atoms with Crippen molar-refractivity contribution in [2.45, 2.75) is 246 Å². The number of hydrogen-bond donors (Lipinski definition) is 0. The summed E-state index contributed by atoms with van der Waals surface area (Å²) in [7, 11) is -24.3. The van der Waals surface area contributed by atoms with Gasteiger partial charge in [0, 0.05) is 0 Å². The smallest absolute Gasteiger partial charge is 0.342 e. The molecule has 0 radical (unpaired) electrons. The van der Waals surface area contributed by atoms with Gasteiger partial charge in [0.05, 0.1) is 0 Å². The maximum Gasteiger partial charge on any atom is 0.342 e. The summed E-state index contributed by atoms with van der Waals surface area (Å²) in [6, 6.07) is 0. The second-order valence-corrected chi connectivity index (χ2v) is 67.1. The van der Waals surface area contributed by atoms with Crippen LogP contribution >= 0.6 is 0 Å². The van der Waals surface area contributed by atoms with Crippen molar-refractivity contribution < 1.29 is 37.0 Å². The fourth-order valence-electron chi connectivity index (χ4n) is 5.72. The molecule has 9 nitrogen and oxygen atoms in total. The molecule has 0 aromatic carbocycles. The Hall–Kier alpha value is 0.683. The molecule has 0 saturated carbocycles. The highest BCUT2D eigenvalue weighted by atomic mass is 28.5. The van der Waals surface area contributed by atoms with Crippen molar-refractivity contribution in [3.05, 3.63) is 73.7 Å². The summed E-state index contributed by atoms with van der Waals surface area (Å²) in [4.78, 5) is 0. The Balaban J connectivity index is -0.0000000449. The van der Waals surface area contributed by atoms with Gasteiger partial charge in [-0.25, -0.2) is 0 Å². The first-order chi connectivity index (χ1) is 24.7. The zero-order valence-electron chi connectivity index (χ0n) is 41.4. The lowest BCUT2D eigenvalue weighted by atomic mass is 11.3. The Morgan fingerprint density at radius 1 is 0.203 bits per heavy atom. The molecule has 0 aliphatic carbocycles. The lowest BCUT2D eigenvalue weighted by Crippen LogP contribution is -2.56. The summed E-state index contributed by atoms with van der Waals surface area (Å²) < 4.78 is 56.4. The summed E-state index contributed by atoms with van der Waals surface area (Å²) in [5.74, 6) is 0. The predicted molar refractivity (Wildman–Crippen MR) is 362 cm³/mol. The second-order valence-electron chi connectivity index (χ2n) is 20.5. The van der Waals surface area contributed by atoms with Crippen LogP contribution in [0.1, 0.15) is 89.1 Å². The van der Waals surface area contributed by atoms with Crippen LogP contribution < -0.4 is 0 Å². The summed E-state index contributed by atoms with van der Waals surface area (Å²) in [5.41, 5.74) is 11.4. The van der Waals surface area contributed by atoms with Crippen molar-refractivity contribution in [1.82, 2.24) is 0 Å². The van der Waals surface area contributed by atoms with E-state index in [9.17, 15) is 0 Å². The fraction of sp³-hybridized carbons (Fsp3) is 0.750. The third-order valence-corrected chi connectivity index (χ3v) is 47.3. The highest BCUT2D eigenvalue weighted by molar-refractivity contribution is 6.94. The quantitative estimate of drug-likeness (QED) is 0.0878. The van der Waals surface area contributed by atoms with Gasteiger partial charge in [0.2, 0.25) is 0 Å². The summed E-state index contributed by atoms with van der Waals surface area (Å²) in [6.45, 7) is 74.3. The molecule has 0 saturated heterocycles. The van der Waals surface area contributed by atoms with Crippen molar-refractivity contribution in [1.29, 1.82) is 0 Å². The Bertz CT molecular complexity index is 1330. The average Bonchev–Trinajstić information content (AvgIpc) is 2.92. The number of hydrogen-bond acceptors (Lipinski definition) is 9. The molecule has 0 N–H and O–H groups in total. The van der Waals surface area contributed by atoms with Crippen molar-refractivity contribution in [3.8, 4) is 0 Å². The van der Waals surface area contributed by atoms with E-state index in [2.05, 4.69) is 184 Å². The highest BCUT2D eigenvalue weighted by Gasteiger charge is 2.45. The van der Waals surface area contributed by atoms with Crippen LogP contribution in [-0.4, -0.2) is 101 Å². The van der Waals surface area contributed by atoms with E-state index in [0.717, 1.165) is 0 Å². The van der Waals surface area contributed by atoms with E-state index in [1.807, 2.05) is 47.3 Å². The lowest BCUT2D eigenvalue weighted by molar-refractivity contribution is 0.334. The summed E-state index contributed by atoms with van der Waals surface area (Å²) in [5, 5.41) is 0. The van der Waals surface area contributed by atoms with Crippen LogP contribution in [0.25, 0.3) is 0 Å². The molecule has 0 heterocycles. The van der Waals surface area contributed by atoms with Crippen molar-refractivity contribution >= 4 is 101 Å². The lowest BCUT2D eigenvalue weighted by Gasteiger charge is -2.39. The van der Waals surface area contributed by atoms with E-state index in [0.29, 0.717) is 0 Å². The van der Waals surface area contributed by atoms with Gasteiger partial charge in [-0.1, -0.05) is 123 Å². The van der Waals surface area contributed by atoms with Crippen LogP contribution in [0.15, 0.2) is 73.7 Å². The number of rotatable bonds is 24. The molecule has 432 valence electrons. The molecule has 3 unspecified atom stereocenters. The zero-order valence-corrected chi connectivity index (χ0v) is 53.4. The first kappa shape index (κ1) is 110. The molecule has 0 aliphatic rings. The Morgan fingerprint density at radius 2 is 0.362 bits per heavy atom. The Kier molecular flexibility index (Phi) is 65.2. The maximum absolute atomic E-state index is 6.34. The monoisotopic (exact) mass is 1190 g/mol. The standard InChI is InChI=1S/C13H30O3Si4.C12H30O3Si4.C11H30O3Si4.12CH4/c1-11-17(4,5)14-19(8,9)16-20(10,13-3)15-18(6,7)12-2;1-11-17(6,7)14-19(10,12-2)15-18(8,9)13-16(3,4)5;1-11-18(10,13-16(5,6)7)14-17(8,9)12-15(2,3)4;;;;;;;;;;;;/h11-13H,1-3H2,4-10H3;11-12H,1-2H2,3-10H3;11H,1H2,2-10H3;12*1H4. The summed E-state index contributed by atoms with van der Waals surface area (Å²) in [6.07, 6.45) is 0. The molecule has 0 aliphatic heterocycles. The first-order valence-electron chi connectivity index (χ1n) is 19.9. The van der Waals surface area contributed by atoms with Crippen molar-refractivity contribution in [3.63, 3.8) is 0 Å². The van der Waals surface area contributed by atoms with Gasteiger partial charge in [-0.15, -0.1) is 39.5 Å². The molecule has 0 rings (SSSR count). The van der Waals surface area contributed by atoms with Crippen LogP contribution in [0.3, 0.4) is 0 Å². The van der Waals surface area contributed by atoms with Gasteiger partial charge in [-0.05, 0) is 157 Å². The van der Waals surface area contributed by atoms with Gasteiger partial charge in [-0.3, -0.25) is 0 Å². The molecule has 0 spiro atoms. The van der Waals surface area contributed by atoms with Crippen LogP contribution in [0, 0.1) is 0 Å². The Labute approximate surface area is 455 Å². The molecule has 0 amide bonds. The minimum Gasteiger partial charge on any atom is -0.437 e. The third kappa shape index (κ3) is 57.8. The minimum absolute atomic E-state index is 0. The van der Waals surface area contributed by atoms with Crippen molar-refractivity contribution in [2.75, 3.05) is 0 Å². The predicted octanol–water partition coefficient (Wildman–Crippen LogP) is 20.5. The average molecular weight is 1200 g/mol. The summed E-state index contributed by atoms with van der Waals surface area (Å²) >= 11 is 0. The van der Waals surface area contributed by atoms with Gasteiger partial charge in [0.1, 0.15) is 0 Å². The molecule has 69 heavy (non-hydrogen) atoms. The SMILES string of the molecule is C.C.C.C.C.C.C.C.C.C.C.C.C=C[Si](C)(C)O[Si](C)(C)O[Si](C)(C=C)O[Si](C)(C)C=C.C=C[Si](C)(C)O[Si](C)(C=C)O[Si](C)(C)O[Si](C)(C)C.C=C[Si](C)(O[Si](C)(C)C)O[Si](C)(C)O[Si](C)(C)C. The van der Waals surface area contributed by atoms with Crippen LogP contribution in [0.2, 0.25) is 157 Å². The molecule has 21 heteroatoms. The molecular weight excluding hydrogens is 1060 g/mol. The second kappa shape index (κ2) is 40.9. The van der Waals surface area contributed by atoms with Crippen LogP contribution in [0.5, 0.6) is 0 Å². The van der Waals surface area contributed by atoms with E-state index >= 15 is 0 Å². The zero-order chi connectivity index (χ0) is 46.6. The van der Waals surface area contributed by atoms with Crippen LogP contribution in [-0.2, 0) is 37.0 Å². The van der Waals surface area contributed by atoms with Gasteiger partial charge in [0.15, 0.2) is 49.9 Å².